The average molecular weight is 422 g/mol. The Labute approximate surface area is 179 Å². The van der Waals surface area contributed by atoms with E-state index in [-0.39, 0.29) is 5.92 Å². The quantitative estimate of drug-likeness (QED) is 0.265. The average Bonchev–Trinajstić information content (AvgIpc) is 2.72. The number of hydrogen-bond acceptors (Lipinski definition) is 2. The number of aryl methyl sites for hydroxylation is 1. The Morgan fingerprint density at radius 2 is 1.48 bits per heavy atom. The fourth-order valence-electron chi connectivity index (χ4n) is 3.05. The summed E-state index contributed by atoms with van der Waals surface area (Å²) in [5.74, 6) is 5.30. The molecular weight excluding hydrogens is 401 g/mol. The van der Waals surface area contributed by atoms with Gasteiger partial charge in [-0.05, 0) is 65.4 Å². The zero-order valence-corrected chi connectivity index (χ0v) is 17.4. The summed E-state index contributed by atoms with van der Waals surface area (Å²) in [5, 5.41) is 0. The van der Waals surface area contributed by atoms with Crippen molar-refractivity contribution in [1.82, 2.24) is 0 Å². The van der Waals surface area contributed by atoms with Gasteiger partial charge in [0.2, 0.25) is 0 Å². The molecule has 2 nitrogen and oxygen atoms in total. The minimum atomic E-state index is -4.36. The Morgan fingerprint density at radius 1 is 0.903 bits per heavy atom. The van der Waals surface area contributed by atoms with E-state index in [1.807, 2.05) is 39.0 Å². The molecule has 0 amide bonds. The number of hydrogen-bond donors (Lipinski definition) is 0. The third kappa shape index (κ3) is 5.76. The van der Waals surface area contributed by atoms with Gasteiger partial charge in [-0.25, -0.2) is 4.79 Å². The lowest BCUT2D eigenvalue weighted by atomic mass is 10.0. The summed E-state index contributed by atoms with van der Waals surface area (Å²) in [6.07, 6.45) is -4.36. The van der Waals surface area contributed by atoms with Crippen molar-refractivity contribution >= 4 is 5.97 Å². The second kappa shape index (κ2) is 9.09. The second-order valence-electron chi connectivity index (χ2n) is 7.49. The summed E-state index contributed by atoms with van der Waals surface area (Å²) >= 11 is 0. The van der Waals surface area contributed by atoms with E-state index in [0.717, 1.165) is 28.8 Å². The van der Waals surface area contributed by atoms with Gasteiger partial charge in [-0.1, -0.05) is 56.2 Å². The highest BCUT2D eigenvalue weighted by atomic mass is 19.4. The molecule has 0 saturated heterocycles. The van der Waals surface area contributed by atoms with Crippen molar-refractivity contribution in [2.75, 3.05) is 0 Å². The molecule has 3 rings (SSSR count). The van der Waals surface area contributed by atoms with Crippen LogP contribution in [0.1, 0.15) is 42.0 Å². The number of halogens is 3. The molecule has 158 valence electrons. The minimum Gasteiger partial charge on any atom is -0.417 e. The molecule has 0 atom stereocenters. The zero-order valence-electron chi connectivity index (χ0n) is 17.4. The van der Waals surface area contributed by atoms with E-state index >= 15 is 0 Å². The predicted octanol–water partition coefficient (Wildman–Crippen LogP) is 6.76. The molecule has 3 aromatic rings. The van der Waals surface area contributed by atoms with Crippen molar-refractivity contribution in [3.63, 3.8) is 0 Å². The maximum absolute atomic E-state index is 12.7. The van der Waals surface area contributed by atoms with E-state index in [2.05, 4.69) is 11.8 Å². The third-order valence-corrected chi connectivity index (χ3v) is 4.73. The van der Waals surface area contributed by atoms with Crippen LogP contribution < -0.4 is 4.74 Å². The van der Waals surface area contributed by atoms with E-state index in [1.54, 1.807) is 24.3 Å². The molecule has 0 aliphatic carbocycles. The molecule has 0 unspecified atom stereocenters. The molecule has 0 aliphatic rings. The van der Waals surface area contributed by atoms with E-state index in [4.69, 9.17) is 4.74 Å². The van der Waals surface area contributed by atoms with Crippen LogP contribution in [0.15, 0.2) is 66.7 Å². The fraction of sp³-hybridized carbons (Fsp3) is 0.192. The molecule has 0 N–H and O–H groups in total. The number of benzene rings is 3. The van der Waals surface area contributed by atoms with Gasteiger partial charge >= 0.3 is 12.1 Å². The molecule has 0 fully saturated rings. The summed E-state index contributed by atoms with van der Waals surface area (Å²) in [6, 6.07) is 17.6. The third-order valence-electron chi connectivity index (χ3n) is 4.73. The lowest BCUT2D eigenvalue weighted by molar-refractivity contribution is -0.137. The number of rotatable bonds is 3. The molecule has 0 spiro atoms. The Bertz CT molecular complexity index is 1130. The number of carbonyl (C=O) groups is 1. The number of ether oxygens (including phenoxy) is 1. The topological polar surface area (TPSA) is 26.3 Å². The standard InChI is InChI=1S/C26H21F3O2/c1-17(2)23-14-4-18(3)16-24(23)31-25(30)15-7-19-5-8-20(9-6-19)21-10-12-22(13-11-21)26(27,28)29/h4-6,8-14,16-17H,1-3H3. The molecule has 31 heavy (non-hydrogen) atoms. The highest BCUT2D eigenvalue weighted by Crippen LogP contribution is 2.31. The van der Waals surface area contributed by atoms with Crippen LogP contribution in [0.25, 0.3) is 11.1 Å². The zero-order chi connectivity index (χ0) is 22.6. The van der Waals surface area contributed by atoms with Gasteiger partial charge in [-0.3, -0.25) is 0 Å². The van der Waals surface area contributed by atoms with Crippen LogP contribution in [0, 0.1) is 18.8 Å². The van der Waals surface area contributed by atoms with Crippen molar-refractivity contribution in [1.29, 1.82) is 0 Å². The van der Waals surface area contributed by atoms with Crippen LogP contribution in [0.4, 0.5) is 13.2 Å². The van der Waals surface area contributed by atoms with Gasteiger partial charge < -0.3 is 4.74 Å². The van der Waals surface area contributed by atoms with Gasteiger partial charge in [-0.2, -0.15) is 13.2 Å². The molecule has 3 aromatic carbocycles. The van der Waals surface area contributed by atoms with Crippen molar-refractivity contribution in [3.8, 4) is 28.7 Å². The molecule has 0 saturated carbocycles. The van der Waals surface area contributed by atoms with E-state index in [9.17, 15) is 18.0 Å². The van der Waals surface area contributed by atoms with Crippen molar-refractivity contribution in [2.24, 2.45) is 0 Å². The Kier molecular flexibility index (Phi) is 6.50. The summed E-state index contributed by atoms with van der Waals surface area (Å²) in [5.41, 5.74) is 3.24. The molecule has 5 heteroatoms. The highest BCUT2D eigenvalue weighted by Gasteiger charge is 2.29. The van der Waals surface area contributed by atoms with E-state index in [0.29, 0.717) is 16.9 Å². The SMILES string of the molecule is Cc1ccc(C(C)C)c(OC(=O)C#Cc2ccc(-c3ccc(C(F)(F)F)cc3)cc2)c1. The first-order valence-electron chi connectivity index (χ1n) is 9.75. The van der Waals surface area contributed by atoms with Gasteiger partial charge in [0.05, 0.1) is 5.56 Å². The summed E-state index contributed by atoms with van der Waals surface area (Å²) in [4.78, 5) is 12.2. The molecule has 0 bridgehead atoms. The first-order chi connectivity index (χ1) is 14.6. The lowest BCUT2D eigenvalue weighted by Gasteiger charge is -2.12. The second-order valence-corrected chi connectivity index (χ2v) is 7.49. The smallest absolute Gasteiger partial charge is 0.416 e. The normalized spacial score (nSPS) is 11.1. The van der Waals surface area contributed by atoms with Gasteiger partial charge in [-0.15, -0.1) is 0 Å². The van der Waals surface area contributed by atoms with Crippen molar-refractivity contribution in [3.05, 3.63) is 89.0 Å². The van der Waals surface area contributed by atoms with Gasteiger partial charge in [0.1, 0.15) is 5.75 Å². The van der Waals surface area contributed by atoms with Crippen LogP contribution in [0.3, 0.4) is 0 Å². The minimum absolute atomic E-state index is 0.203. The molecular formula is C26H21F3O2. The van der Waals surface area contributed by atoms with Gasteiger partial charge in [0.25, 0.3) is 0 Å². The Morgan fingerprint density at radius 3 is 2.03 bits per heavy atom. The van der Waals surface area contributed by atoms with E-state index < -0.39 is 17.7 Å². The van der Waals surface area contributed by atoms with Gasteiger partial charge in [0, 0.05) is 11.5 Å². The van der Waals surface area contributed by atoms with Crippen LogP contribution in [0.2, 0.25) is 0 Å². The van der Waals surface area contributed by atoms with Crippen molar-refractivity contribution < 1.29 is 22.7 Å². The molecule has 0 aromatic heterocycles. The van der Waals surface area contributed by atoms with Crippen LogP contribution >= 0.6 is 0 Å². The number of alkyl halides is 3. The molecule has 0 aliphatic heterocycles. The fourth-order valence-corrected chi connectivity index (χ4v) is 3.05. The highest BCUT2D eigenvalue weighted by molar-refractivity contribution is 5.91. The molecule has 0 heterocycles. The summed E-state index contributed by atoms with van der Waals surface area (Å²) < 4.78 is 43.5. The lowest BCUT2D eigenvalue weighted by Crippen LogP contribution is -2.07. The number of esters is 1. The van der Waals surface area contributed by atoms with Crippen LogP contribution in [-0.2, 0) is 11.0 Å². The van der Waals surface area contributed by atoms with Gasteiger partial charge in [0.15, 0.2) is 0 Å². The van der Waals surface area contributed by atoms with Crippen LogP contribution in [-0.4, -0.2) is 5.97 Å². The largest absolute Gasteiger partial charge is 0.417 e. The van der Waals surface area contributed by atoms with E-state index in [1.165, 1.54) is 12.1 Å². The first kappa shape index (κ1) is 22.2. The summed E-state index contributed by atoms with van der Waals surface area (Å²) in [6.45, 7) is 5.96. The maximum Gasteiger partial charge on any atom is 0.416 e. The Balaban J connectivity index is 1.71. The number of carbonyl (C=O) groups excluding carboxylic acids is 1. The first-order valence-corrected chi connectivity index (χ1v) is 9.75. The monoisotopic (exact) mass is 422 g/mol. The van der Waals surface area contributed by atoms with Crippen molar-refractivity contribution in [2.45, 2.75) is 32.9 Å². The predicted molar refractivity (Wildman–Crippen MR) is 115 cm³/mol. The van der Waals surface area contributed by atoms with Crippen LogP contribution in [0.5, 0.6) is 5.75 Å². The molecule has 0 radical (unpaired) electrons. The Hall–Kier alpha value is -3.52. The maximum atomic E-state index is 12.7. The summed E-state index contributed by atoms with van der Waals surface area (Å²) in [7, 11) is 0.